The third kappa shape index (κ3) is 7.45. The van der Waals surface area contributed by atoms with Gasteiger partial charge in [-0.1, -0.05) is 37.5 Å². The molecule has 5 rings (SSSR count). The van der Waals surface area contributed by atoms with Gasteiger partial charge in [0.05, 0.1) is 5.60 Å². The summed E-state index contributed by atoms with van der Waals surface area (Å²) in [5.41, 5.74) is -0.0493. The molecule has 238 valence electrons. The second-order valence-corrected chi connectivity index (χ2v) is 12.2. The van der Waals surface area contributed by atoms with Gasteiger partial charge in [-0.3, -0.25) is 19.3 Å². The zero-order valence-corrected chi connectivity index (χ0v) is 26.4. The Kier molecular flexibility index (Phi) is 11.1. The Hall–Kier alpha value is -3.40. The number of rotatable bonds is 10. The lowest BCUT2D eigenvalue weighted by molar-refractivity contribution is -0.163. The first-order valence-corrected chi connectivity index (χ1v) is 15.5. The highest BCUT2D eigenvalue weighted by Gasteiger charge is 2.54. The molecule has 10 heteroatoms. The van der Waals surface area contributed by atoms with Crippen LogP contribution in [0.1, 0.15) is 73.7 Å². The number of ether oxygens (including phenoxy) is 1. The van der Waals surface area contributed by atoms with Crippen molar-refractivity contribution in [1.82, 2.24) is 20.4 Å². The Balaban J connectivity index is 0.00000442. The Bertz CT molecular complexity index is 1300. The fraction of sp³-hybridized carbons (Fsp3) is 0.500. The summed E-state index contributed by atoms with van der Waals surface area (Å²) in [5, 5.41) is 16.8. The smallest absolute Gasteiger partial charge is 0.251 e. The molecule has 1 aliphatic carbocycles. The van der Waals surface area contributed by atoms with E-state index < -0.39 is 17.2 Å². The van der Waals surface area contributed by atoms with Crippen LogP contribution in [0.3, 0.4) is 0 Å². The molecule has 0 radical (unpaired) electrons. The van der Waals surface area contributed by atoms with Crippen LogP contribution in [0.5, 0.6) is 11.5 Å². The molecule has 3 fully saturated rings. The van der Waals surface area contributed by atoms with Gasteiger partial charge in [0.25, 0.3) is 5.91 Å². The topological polar surface area (TPSA) is 111 Å². The number of halogens is 1. The van der Waals surface area contributed by atoms with E-state index in [1.807, 2.05) is 24.3 Å². The second kappa shape index (κ2) is 14.6. The maximum atomic E-state index is 13.8. The molecular weight excluding hydrogens is 580 g/mol. The molecular formula is C34H45ClN4O5. The average molecular weight is 625 g/mol. The first-order valence-electron chi connectivity index (χ1n) is 15.5. The lowest BCUT2D eigenvalue weighted by atomic mass is 9.77. The molecule has 1 atom stereocenters. The number of hydrogen-bond donors (Lipinski definition) is 3. The molecule has 3 aliphatic rings. The summed E-state index contributed by atoms with van der Waals surface area (Å²) in [6.07, 6.45) is 8.19. The van der Waals surface area contributed by atoms with Gasteiger partial charge in [-0.2, -0.15) is 0 Å². The summed E-state index contributed by atoms with van der Waals surface area (Å²) in [6, 6.07) is 14.2. The van der Waals surface area contributed by atoms with E-state index in [1.54, 1.807) is 42.3 Å². The lowest BCUT2D eigenvalue weighted by Crippen LogP contribution is -2.73. The highest BCUT2D eigenvalue weighted by atomic mass is 35.5. The molecule has 2 aromatic rings. The van der Waals surface area contributed by atoms with Crippen molar-refractivity contribution in [2.24, 2.45) is 0 Å². The minimum absolute atomic E-state index is 0. The van der Waals surface area contributed by atoms with Crippen LogP contribution in [0.2, 0.25) is 0 Å². The van der Waals surface area contributed by atoms with Crippen molar-refractivity contribution in [2.45, 2.75) is 81.5 Å². The molecule has 0 bridgehead atoms. The van der Waals surface area contributed by atoms with Crippen LogP contribution in [0, 0.1) is 0 Å². The standard InChI is InChI=1S/C34H44N4O5.ClH/c1-3-4-20-38-31(40)29(23-33(42)16-6-5-7-17-33)36-32(41)34(38)18-21-37(22-19-34)24-25-8-12-27(13-9-25)43-28-14-10-26(11-15-28)30(39)35-2;/h3,8-15,29,42H,1,4-7,16-24H2,2H3,(H,35,39)(H,36,41);1H/t29-;/m1./s1. The van der Waals surface area contributed by atoms with Gasteiger partial charge in [0.2, 0.25) is 11.8 Å². The molecule has 0 unspecified atom stereocenters. The van der Waals surface area contributed by atoms with E-state index in [-0.39, 0.29) is 36.5 Å². The molecule has 2 aromatic carbocycles. The van der Waals surface area contributed by atoms with Gasteiger partial charge in [-0.05, 0) is 74.1 Å². The Labute approximate surface area is 266 Å². The number of carbonyl (C=O) groups is 3. The number of piperazine rings is 1. The number of hydrogen-bond acceptors (Lipinski definition) is 6. The zero-order chi connectivity index (χ0) is 30.5. The molecule has 2 aliphatic heterocycles. The fourth-order valence-corrected chi connectivity index (χ4v) is 6.81. The monoisotopic (exact) mass is 624 g/mol. The van der Waals surface area contributed by atoms with Crippen molar-refractivity contribution in [1.29, 1.82) is 0 Å². The second-order valence-electron chi connectivity index (χ2n) is 12.2. The number of nitrogens with zero attached hydrogens (tertiary/aromatic N) is 2. The van der Waals surface area contributed by atoms with Crippen LogP contribution >= 0.6 is 12.4 Å². The minimum Gasteiger partial charge on any atom is -0.457 e. The summed E-state index contributed by atoms with van der Waals surface area (Å²) in [6.45, 7) is 6.41. The summed E-state index contributed by atoms with van der Waals surface area (Å²) in [4.78, 5) is 43.4. The maximum absolute atomic E-state index is 13.8. The Morgan fingerprint density at radius 1 is 1.02 bits per heavy atom. The van der Waals surface area contributed by atoms with Crippen LogP contribution in [-0.2, 0) is 16.1 Å². The summed E-state index contributed by atoms with van der Waals surface area (Å²) < 4.78 is 5.95. The fourth-order valence-electron chi connectivity index (χ4n) is 6.81. The number of likely N-dealkylation sites (tertiary alicyclic amines) is 1. The SMILES string of the molecule is C=CCCN1C(=O)[C@@H](CC2(O)CCCCC2)NC(=O)C12CCN(Cc1ccc(Oc3ccc(C(=O)NC)cc3)cc1)CC2.Cl. The first kappa shape index (κ1) is 33.5. The van der Waals surface area contributed by atoms with E-state index in [9.17, 15) is 19.5 Å². The van der Waals surface area contributed by atoms with Crippen LogP contribution in [0.4, 0.5) is 0 Å². The minimum atomic E-state index is -0.887. The predicted octanol–water partition coefficient (Wildman–Crippen LogP) is 4.58. The quantitative estimate of drug-likeness (QED) is 0.334. The maximum Gasteiger partial charge on any atom is 0.251 e. The normalized spacial score (nSPS) is 21.2. The summed E-state index contributed by atoms with van der Waals surface area (Å²) >= 11 is 0. The summed E-state index contributed by atoms with van der Waals surface area (Å²) in [7, 11) is 1.60. The molecule has 0 aromatic heterocycles. The van der Waals surface area contributed by atoms with Crippen LogP contribution < -0.4 is 15.4 Å². The number of carbonyl (C=O) groups excluding carboxylic acids is 3. The van der Waals surface area contributed by atoms with Crippen molar-refractivity contribution < 1.29 is 24.2 Å². The molecule has 44 heavy (non-hydrogen) atoms. The van der Waals surface area contributed by atoms with Gasteiger partial charge in [-0.25, -0.2) is 0 Å². The van der Waals surface area contributed by atoms with Crippen LogP contribution in [-0.4, -0.2) is 76.5 Å². The zero-order valence-electron chi connectivity index (χ0n) is 25.6. The number of benzene rings is 2. The number of amides is 3. The van der Waals surface area contributed by atoms with Gasteiger partial charge >= 0.3 is 0 Å². The van der Waals surface area contributed by atoms with Gasteiger partial charge in [0.15, 0.2) is 0 Å². The van der Waals surface area contributed by atoms with Gasteiger partial charge in [-0.15, -0.1) is 19.0 Å². The molecule has 1 spiro atoms. The number of piperidine rings is 1. The Morgan fingerprint density at radius 3 is 2.23 bits per heavy atom. The van der Waals surface area contributed by atoms with Crippen molar-refractivity contribution >= 4 is 30.1 Å². The predicted molar refractivity (Wildman–Crippen MR) is 172 cm³/mol. The lowest BCUT2D eigenvalue weighted by Gasteiger charge is -2.52. The molecule has 1 saturated carbocycles. The van der Waals surface area contributed by atoms with Crippen molar-refractivity contribution in [2.75, 3.05) is 26.7 Å². The highest BCUT2D eigenvalue weighted by Crippen LogP contribution is 2.37. The summed E-state index contributed by atoms with van der Waals surface area (Å²) in [5.74, 6) is 1.05. The van der Waals surface area contributed by atoms with Crippen LogP contribution in [0.15, 0.2) is 61.2 Å². The van der Waals surface area contributed by atoms with Gasteiger partial charge in [0.1, 0.15) is 23.1 Å². The molecule has 3 amide bonds. The van der Waals surface area contributed by atoms with E-state index in [4.69, 9.17) is 4.74 Å². The first-order chi connectivity index (χ1) is 20.7. The third-order valence-corrected chi connectivity index (χ3v) is 9.33. The van der Waals surface area contributed by atoms with Gasteiger partial charge in [0, 0.05) is 45.2 Å². The highest BCUT2D eigenvalue weighted by molar-refractivity contribution is 6.00. The largest absolute Gasteiger partial charge is 0.457 e. The van der Waals surface area contributed by atoms with E-state index in [2.05, 4.69) is 22.1 Å². The molecule has 9 nitrogen and oxygen atoms in total. The number of aliphatic hydroxyl groups is 1. The van der Waals surface area contributed by atoms with E-state index in [1.165, 1.54) is 0 Å². The van der Waals surface area contributed by atoms with E-state index in [0.29, 0.717) is 68.8 Å². The number of nitrogens with one attached hydrogen (secondary N) is 2. The average Bonchev–Trinajstić information content (AvgIpc) is 3.02. The van der Waals surface area contributed by atoms with Crippen molar-refractivity contribution in [3.8, 4) is 11.5 Å². The third-order valence-electron chi connectivity index (χ3n) is 9.33. The van der Waals surface area contributed by atoms with Crippen molar-refractivity contribution in [3.63, 3.8) is 0 Å². The molecule has 2 saturated heterocycles. The molecule has 2 heterocycles. The van der Waals surface area contributed by atoms with Crippen molar-refractivity contribution in [3.05, 3.63) is 72.3 Å². The Morgan fingerprint density at radius 2 is 1.64 bits per heavy atom. The van der Waals surface area contributed by atoms with Gasteiger partial charge < -0.3 is 25.4 Å². The van der Waals surface area contributed by atoms with Crippen LogP contribution in [0.25, 0.3) is 0 Å². The molecule has 3 N–H and O–H groups in total. The van der Waals surface area contributed by atoms with E-state index in [0.717, 1.165) is 31.4 Å². The van der Waals surface area contributed by atoms with E-state index >= 15 is 0 Å².